The molecule has 1 unspecified atom stereocenters. The van der Waals surface area contributed by atoms with Crippen molar-refractivity contribution in [3.63, 3.8) is 0 Å². The van der Waals surface area contributed by atoms with Gasteiger partial charge in [-0.2, -0.15) is 0 Å². The molecule has 0 aromatic heterocycles. The fraction of sp³-hybridized carbons (Fsp3) is 0.818. The molecule has 92 valence electrons. The Morgan fingerprint density at radius 1 is 1.50 bits per heavy atom. The lowest BCUT2D eigenvalue weighted by Crippen LogP contribution is -2.55. The third kappa shape index (κ3) is 3.90. The minimum atomic E-state index is -0.333. The number of carbonyl (C=O) groups excluding carboxylic acids is 2. The van der Waals surface area contributed by atoms with Crippen LogP contribution in [0, 0.1) is 0 Å². The van der Waals surface area contributed by atoms with Gasteiger partial charge in [0.15, 0.2) is 0 Å². The van der Waals surface area contributed by atoms with E-state index in [-0.39, 0.29) is 23.8 Å². The number of ether oxygens (including phenoxy) is 1. The fourth-order valence-electron chi connectivity index (χ4n) is 1.74. The minimum Gasteiger partial charge on any atom is -0.378 e. The fourth-order valence-corrected chi connectivity index (χ4v) is 1.74. The predicted octanol–water partition coefficient (Wildman–Crippen LogP) is -0.199. The zero-order valence-corrected chi connectivity index (χ0v) is 10.2. The van der Waals surface area contributed by atoms with E-state index in [1.165, 1.54) is 6.92 Å². The van der Waals surface area contributed by atoms with Gasteiger partial charge in [0.2, 0.25) is 5.91 Å². The quantitative estimate of drug-likeness (QED) is 0.724. The van der Waals surface area contributed by atoms with Crippen LogP contribution >= 0.6 is 0 Å². The van der Waals surface area contributed by atoms with Gasteiger partial charge in [0.25, 0.3) is 0 Å². The summed E-state index contributed by atoms with van der Waals surface area (Å²) in [6.45, 7) is 7.26. The average molecular weight is 228 g/mol. The summed E-state index contributed by atoms with van der Waals surface area (Å²) < 4.78 is 5.28. The zero-order valence-electron chi connectivity index (χ0n) is 10.2. The summed E-state index contributed by atoms with van der Waals surface area (Å²) in [6, 6.07) is -0.228. The molecule has 1 saturated heterocycles. The van der Waals surface area contributed by atoms with Gasteiger partial charge in [-0.25, -0.2) is 0 Å². The maximum atomic E-state index is 11.9. The maximum Gasteiger partial charge on any atom is 0.239 e. The molecular weight excluding hydrogens is 208 g/mol. The van der Waals surface area contributed by atoms with E-state index in [0.717, 1.165) is 0 Å². The molecular formula is C11H20N2O3. The van der Waals surface area contributed by atoms with E-state index in [2.05, 4.69) is 5.32 Å². The van der Waals surface area contributed by atoms with E-state index < -0.39 is 0 Å². The molecule has 1 fully saturated rings. The normalized spacial score (nSPS) is 22.1. The molecule has 5 nitrogen and oxygen atoms in total. The van der Waals surface area contributed by atoms with Crippen LogP contribution in [0.1, 0.15) is 20.8 Å². The largest absolute Gasteiger partial charge is 0.378 e. The lowest BCUT2D eigenvalue weighted by Gasteiger charge is -2.34. The number of carbonyl (C=O) groups is 2. The first-order valence-electron chi connectivity index (χ1n) is 5.62. The molecule has 16 heavy (non-hydrogen) atoms. The van der Waals surface area contributed by atoms with E-state index in [1.54, 1.807) is 0 Å². The van der Waals surface area contributed by atoms with E-state index in [1.807, 2.05) is 18.7 Å². The summed E-state index contributed by atoms with van der Waals surface area (Å²) in [5.74, 6) is 0.0141. The molecule has 1 aliphatic heterocycles. The van der Waals surface area contributed by atoms with Gasteiger partial charge in [-0.3, -0.25) is 14.5 Å². The van der Waals surface area contributed by atoms with Gasteiger partial charge in [-0.15, -0.1) is 0 Å². The van der Waals surface area contributed by atoms with Crippen molar-refractivity contribution >= 4 is 11.7 Å². The van der Waals surface area contributed by atoms with Gasteiger partial charge in [-0.1, -0.05) is 0 Å². The number of ketones is 1. The second kappa shape index (κ2) is 5.96. The smallest absolute Gasteiger partial charge is 0.239 e. The monoisotopic (exact) mass is 228 g/mol. The van der Waals surface area contributed by atoms with Crippen LogP contribution in [-0.4, -0.2) is 55.0 Å². The van der Waals surface area contributed by atoms with Gasteiger partial charge < -0.3 is 10.1 Å². The Bertz CT molecular complexity index is 266. The number of hydrogen-bond donors (Lipinski definition) is 1. The molecule has 1 heterocycles. The Morgan fingerprint density at radius 2 is 2.19 bits per heavy atom. The van der Waals surface area contributed by atoms with Crippen LogP contribution < -0.4 is 5.32 Å². The first-order chi connectivity index (χ1) is 7.50. The van der Waals surface area contributed by atoms with Crippen LogP contribution in [0.3, 0.4) is 0 Å². The number of morpholine rings is 1. The zero-order chi connectivity index (χ0) is 12.1. The van der Waals surface area contributed by atoms with E-state index in [4.69, 9.17) is 4.74 Å². The van der Waals surface area contributed by atoms with Crippen molar-refractivity contribution in [2.75, 3.05) is 26.3 Å². The molecule has 1 rings (SSSR count). The standard InChI is InChI=1S/C11H20N2O3/c1-8(2)12-11(15)10-7-16-5-4-13(10)6-9(3)14/h8,10H,4-7H2,1-3H3,(H,12,15). The van der Waals surface area contributed by atoms with Crippen molar-refractivity contribution in [1.29, 1.82) is 0 Å². The molecule has 5 heteroatoms. The number of amides is 1. The first kappa shape index (κ1) is 13.1. The molecule has 0 bridgehead atoms. The molecule has 0 aromatic rings. The second-order valence-electron chi connectivity index (χ2n) is 4.43. The van der Waals surface area contributed by atoms with Crippen LogP contribution in [0.15, 0.2) is 0 Å². The summed E-state index contributed by atoms with van der Waals surface area (Å²) in [4.78, 5) is 24.8. The summed E-state index contributed by atoms with van der Waals surface area (Å²) in [5.41, 5.74) is 0. The van der Waals surface area contributed by atoms with Crippen LogP contribution in [0.25, 0.3) is 0 Å². The van der Waals surface area contributed by atoms with E-state index >= 15 is 0 Å². The van der Waals surface area contributed by atoms with Crippen molar-refractivity contribution in [1.82, 2.24) is 10.2 Å². The maximum absolute atomic E-state index is 11.9. The van der Waals surface area contributed by atoms with Crippen LogP contribution in [0.2, 0.25) is 0 Å². The SMILES string of the molecule is CC(=O)CN1CCOCC1C(=O)NC(C)C. The number of nitrogens with zero attached hydrogens (tertiary/aromatic N) is 1. The summed E-state index contributed by atoms with van der Waals surface area (Å²) in [7, 11) is 0. The highest BCUT2D eigenvalue weighted by molar-refractivity contribution is 5.84. The minimum absolute atomic E-state index is 0.0593. The van der Waals surface area contributed by atoms with Crippen molar-refractivity contribution < 1.29 is 14.3 Å². The van der Waals surface area contributed by atoms with Gasteiger partial charge >= 0.3 is 0 Å². The second-order valence-corrected chi connectivity index (χ2v) is 4.43. The Hall–Kier alpha value is -0.940. The topological polar surface area (TPSA) is 58.6 Å². The molecule has 1 amide bonds. The Labute approximate surface area is 96.1 Å². The van der Waals surface area contributed by atoms with Crippen molar-refractivity contribution in [2.45, 2.75) is 32.9 Å². The van der Waals surface area contributed by atoms with Crippen molar-refractivity contribution in [3.8, 4) is 0 Å². The van der Waals surface area contributed by atoms with Gasteiger partial charge in [0.1, 0.15) is 11.8 Å². The van der Waals surface area contributed by atoms with Gasteiger partial charge in [0, 0.05) is 12.6 Å². The molecule has 0 saturated carbocycles. The van der Waals surface area contributed by atoms with Crippen LogP contribution in [-0.2, 0) is 14.3 Å². The van der Waals surface area contributed by atoms with Gasteiger partial charge in [-0.05, 0) is 20.8 Å². The lowest BCUT2D eigenvalue weighted by atomic mass is 10.2. The molecule has 1 atom stereocenters. The summed E-state index contributed by atoms with van der Waals surface area (Å²) in [5, 5.41) is 2.84. The highest BCUT2D eigenvalue weighted by Gasteiger charge is 2.30. The van der Waals surface area contributed by atoms with Crippen LogP contribution in [0.5, 0.6) is 0 Å². The third-order valence-corrected chi connectivity index (χ3v) is 2.40. The summed E-state index contributed by atoms with van der Waals surface area (Å²) >= 11 is 0. The van der Waals surface area contributed by atoms with Crippen molar-refractivity contribution in [3.05, 3.63) is 0 Å². The Balaban J connectivity index is 2.58. The average Bonchev–Trinajstić information content (AvgIpc) is 2.16. The molecule has 0 radical (unpaired) electrons. The highest BCUT2D eigenvalue weighted by atomic mass is 16.5. The number of Topliss-reactive ketones (excluding diaryl/α,β-unsaturated/α-hetero) is 1. The number of nitrogens with one attached hydrogen (secondary N) is 1. The Morgan fingerprint density at radius 3 is 2.75 bits per heavy atom. The van der Waals surface area contributed by atoms with Crippen LogP contribution in [0.4, 0.5) is 0 Å². The lowest BCUT2D eigenvalue weighted by molar-refractivity contribution is -0.134. The predicted molar refractivity (Wildman–Crippen MR) is 60.1 cm³/mol. The number of hydrogen-bond acceptors (Lipinski definition) is 4. The van der Waals surface area contributed by atoms with E-state index in [0.29, 0.717) is 26.3 Å². The Kier molecular flexibility index (Phi) is 4.89. The highest BCUT2D eigenvalue weighted by Crippen LogP contribution is 2.07. The first-order valence-corrected chi connectivity index (χ1v) is 5.62. The molecule has 1 aliphatic rings. The molecule has 0 aliphatic carbocycles. The molecule has 0 spiro atoms. The molecule has 0 aromatic carbocycles. The summed E-state index contributed by atoms with van der Waals surface area (Å²) in [6.07, 6.45) is 0. The number of rotatable bonds is 4. The third-order valence-electron chi connectivity index (χ3n) is 2.40. The van der Waals surface area contributed by atoms with Crippen molar-refractivity contribution in [2.24, 2.45) is 0 Å². The van der Waals surface area contributed by atoms with Gasteiger partial charge in [0.05, 0.1) is 19.8 Å². The molecule has 1 N–H and O–H groups in total. The van der Waals surface area contributed by atoms with E-state index in [9.17, 15) is 9.59 Å².